The SMILES string of the molecule is CC(C)(CCCC(=O)OCc1ccccc1)OC(=O)NCCC(=O)O. The van der Waals surface area contributed by atoms with Gasteiger partial charge >= 0.3 is 18.0 Å². The average Bonchev–Trinajstić information content (AvgIpc) is 2.52. The van der Waals surface area contributed by atoms with Crippen molar-refractivity contribution in [2.24, 2.45) is 0 Å². The van der Waals surface area contributed by atoms with Crippen LogP contribution in [0.5, 0.6) is 0 Å². The summed E-state index contributed by atoms with van der Waals surface area (Å²) in [7, 11) is 0. The molecule has 0 unspecified atom stereocenters. The number of nitrogens with one attached hydrogen (secondary N) is 1. The fraction of sp³-hybridized carbons (Fsp3) is 0.500. The largest absolute Gasteiger partial charge is 0.481 e. The Hall–Kier alpha value is -2.57. The Bertz CT molecular complexity index is 570. The Morgan fingerprint density at radius 1 is 1.12 bits per heavy atom. The molecule has 7 heteroatoms. The Labute approximate surface area is 147 Å². The summed E-state index contributed by atoms with van der Waals surface area (Å²) in [4.78, 5) is 33.7. The van der Waals surface area contributed by atoms with Crippen LogP contribution in [-0.4, -0.2) is 35.3 Å². The maximum atomic E-state index is 11.7. The van der Waals surface area contributed by atoms with Crippen molar-refractivity contribution in [2.75, 3.05) is 6.54 Å². The fourth-order valence-electron chi connectivity index (χ4n) is 2.08. The molecule has 1 amide bonds. The van der Waals surface area contributed by atoms with Crippen molar-refractivity contribution < 1.29 is 29.0 Å². The molecule has 0 aromatic heterocycles. The number of benzene rings is 1. The van der Waals surface area contributed by atoms with Gasteiger partial charge in [-0.3, -0.25) is 9.59 Å². The maximum absolute atomic E-state index is 11.7. The molecule has 0 fully saturated rings. The van der Waals surface area contributed by atoms with Crippen LogP contribution < -0.4 is 5.32 Å². The van der Waals surface area contributed by atoms with Crippen LogP contribution in [0.1, 0.15) is 45.1 Å². The number of carbonyl (C=O) groups excluding carboxylic acids is 2. The predicted molar refractivity (Wildman–Crippen MR) is 90.9 cm³/mol. The van der Waals surface area contributed by atoms with Gasteiger partial charge in [0.1, 0.15) is 12.2 Å². The van der Waals surface area contributed by atoms with E-state index in [1.165, 1.54) is 0 Å². The third-order valence-electron chi connectivity index (χ3n) is 3.38. The van der Waals surface area contributed by atoms with Gasteiger partial charge in [-0.2, -0.15) is 0 Å². The van der Waals surface area contributed by atoms with Gasteiger partial charge in [0.25, 0.3) is 0 Å². The van der Waals surface area contributed by atoms with E-state index in [0.717, 1.165) is 5.56 Å². The van der Waals surface area contributed by atoms with Gasteiger partial charge in [-0.1, -0.05) is 30.3 Å². The quantitative estimate of drug-likeness (QED) is 0.629. The highest BCUT2D eigenvalue weighted by atomic mass is 16.6. The summed E-state index contributed by atoms with van der Waals surface area (Å²) in [6.07, 6.45) is 0.407. The number of amides is 1. The van der Waals surface area contributed by atoms with Crippen molar-refractivity contribution in [1.29, 1.82) is 0 Å². The molecule has 0 aliphatic rings. The van der Waals surface area contributed by atoms with E-state index in [0.29, 0.717) is 12.8 Å². The van der Waals surface area contributed by atoms with Crippen molar-refractivity contribution in [3.63, 3.8) is 0 Å². The fourth-order valence-corrected chi connectivity index (χ4v) is 2.08. The summed E-state index contributed by atoms with van der Waals surface area (Å²) in [5, 5.41) is 10.9. The molecule has 1 rings (SSSR count). The van der Waals surface area contributed by atoms with Crippen LogP contribution in [0.3, 0.4) is 0 Å². The molecule has 0 spiro atoms. The van der Waals surface area contributed by atoms with Gasteiger partial charge in [-0.25, -0.2) is 4.79 Å². The molecule has 25 heavy (non-hydrogen) atoms. The Balaban J connectivity index is 2.20. The van der Waals surface area contributed by atoms with Crippen molar-refractivity contribution in [1.82, 2.24) is 5.32 Å². The zero-order chi connectivity index (χ0) is 18.7. The van der Waals surface area contributed by atoms with Gasteiger partial charge < -0.3 is 19.9 Å². The summed E-state index contributed by atoms with van der Waals surface area (Å²) < 4.78 is 10.4. The van der Waals surface area contributed by atoms with Crippen LogP contribution in [-0.2, 0) is 25.7 Å². The molecule has 0 aliphatic heterocycles. The summed E-state index contributed by atoms with van der Waals surface area (Å²) in [6, 6.07) is 9.42. The third kappa shape index (κ3) is 10.0. The summed E-state index contributed by atoms with van der Waals surface area (Å²) in [5.74, 6) is -1.29. The van der Waals surface area contributed by atoms with E-state index in [9.17, 15) is 14.4 Å². The number of aliphatic carboxylic acids is 1. The highest BCUT2D eigenvalue weighted by Crippen LogP contribution is 2.18. The zero-order valence-electron chi connectivity index (χ0n) is 14.6. The van der Waals surface area contributed by atoms with Crippen LogP contribution >= 0.6 is 0 Å². The lowest BCUT2D eigenvalue weighted by Gasteiger charge is -2.25. The maximum Gasteiger partial charge on any atom is 0.407 e. The molecular formula is C18H25NO6. The Morgan fingerprint density at radius 2 is 1.80 bits per heavy atom. The summed E-state index contributed by atoms with van der Waals surface area (Å²) >= 11 is 0. The van der Waals surface area contributed by atoms with E-state index in [-0.39, 0.29) is 32.0 Å². The van der Waals surface area contributed by atoms with E-state index in [2.05, 4.69) is 5.32 Å². The molecule has 138 valence electrons. The first-order valence-corrected chi connectivity index (χ1v) is 8.17. The van der Waals surface area contributed by atoms with E-state index in [1.54, 1.807) is 13.8 Å². The highest BCUT2D eigenvalue weighted by Gasteiger charge is 2.23. The van der Waals surface area contributed by atoms with E-state index in [1.807, 2.05) is 30.3 Å². The molecule has 0 atom stereocenters. The summed E-state index contributed by atoms with van der Waals surface area (Å²) in [5.41, 5.74) is 0.171. The van der Waals surface area contributed by atoms with Gasteiger partial charge in [0.05, 0.1) is 6.42 Å². The first-order chi connectivity index (χ1) is 11.8. The van der Waals surface area contributed by atoms with E-state index >= 15 is 0 Å². The number of hydrogen-bond donors (Lipinski definition) is 2. The minimum atomic E-state index is -0.992. The topological polar surface area (TPSA) is 102 Å². The monoisotopic (exact) mass is 351 g/mol. The van der Waals surface area contributed by atoms with Crippen LogP contribution in [0.2, 0.25) is 0 Å². The number of hydrogen-bond acceptors (Lipinski definition) is 5. The van der Waals surface area contributed by atoms with Gasteiger partial charge in [-0.05, 0) is 32.3 Å². The number of carboxylic acids is 1. The zero-order valence-corrected chi connectivity index (χ0v) is 14.6. The number of rotatable bonds is 10. The van der Waals surface area contributed by atoms with Crippen molar-refractivity contribution >= 4 is 18.0 Å². The molecule has 0 bridgehead atoms. The molecule has 0 saturated heterocycles. The van der Waals surface area contributed by atoms with Crippen LogP contribution in [0.25, 0.3) is 0 Å². The molecule has 0 aliphatic carbocycles. The molecular weight excluding hydrogens is 326 g/mol. The molecule has 2 N–H and O–H groups in total. The molecule has 0 saturated carbocycles. The van der Waals surface area contributed by atoms with Gasteiger partial charge in [0, 0.05) is 13.0 Å². The predicted octanol–water partition coefficient (Wildman–Crippen LogP) is 2.88. The molecule has 0 heterocycles. The molecule has 1 aromatic carbocycles. The minimum Gasteiger partial charge on any atom is -0.481 e. The lowest BCUT2D eigenvalue weighted by Crippen LogP contribution is -2.35. The normalized spacial score (nSPS) is 10.8. The lowest BCUT2D eigenvalue weighted by molar-refractivity contribution is -0.145. The lowest BCUT2D eigenvalue weighted by atomic mass is 10.0. The minimum absolute atomic E-state index is 0.00998. The molecule has 0 radical (unpaired) electrons. The van der Waals surface area contributed by atoms with Crippen LogP contribution in [0, 0.1) is 0 Å². The van der Waals surface area contributed by atoms with Crippen molar-refractivity contribution in [3.8, 4) is 0 Å². The number of carbonyl (C=O) groups is 3. The van der Waals surface area contributed by atoms with E-state index in [4.69, 9.17) is 14.6 Å². The second-order valence-corrected chi connectivity index (χ2v) is 6.22. The second-order valence-electron chi connectivity index (χ2n) is 6.22. The van der Waals surface area contributed by atoms with Crippen molar-refractivity contribution in [3.05, 3.63) is 35.9 Å². The number of alkyl carbamates (subject to hydrolysis) is 1. The Morgan fingerprint density at radius 3 is 2.44 bits per heavy atom. The number of ether oxygens (including phenoxy) is 2. The number of carboxylic acid groups (broad SMARTS) is 1. The molecule has 7 nitrogen and oxygen atoms in total. The van der Waals surface area contributed by atoms with Gasteiger partial charge in [-0.15, -0.1) is 0 Å². The second kappa shape index (κ2) is 10.3. The average molecular weight is 351 g/mol. The van der Waals surface area contributed by atoms with Gasteiger partial charge in [0.2, 0.25) is 0 Å². The first kappa shape index (κ1) is 20.5. The smallest absolute Gasteiger partial charge is 0.407 e. The standard InChI is InChI=1S/C18H25NO6/c1-18(2,25-17(23)19-12-10-15(20)21)11-6-9-16(22)24-13-14-7-4-3-5-8-14/h3-5,7-8H,6,9-13H2,1-2H3,(H,19,23)(H,20,21). The van der Waals surface area contributed by atoms with Crippen LogP contribution in [0.15, 0.2) is 30.3 Å². The highest BCUT2D eigenvalue weighted by molar-refractivity contribution is 5.70. The van der Waals surface area contributed by atoms with Crippen LogP contribution in [0.4, 0.5) is 4.79 Å². The third-order valence-corrected chi connectivity index (χ3v) is 3.38. The van der Waals surface area contributed by atoms with E-state index < -0.39 is 17.7 Å². The number of esters is 1. The Kier molecular flexibility index (Phi) is 8.46. The molecule has 1 aromatic rings. The van der Waals surface area contributed by atoms with Gasteiger partial charge in [0.15, 0.2) is 0 Å². The van der Waals surface area contributed by atoms with Crippen molar-refractivity contribution in [2.45, 2.75) is 51.7 Å². The first-order valence-electron chi connectivity index (χ1n) is 8.17. The summed E-state index contributed by atoms with van der Waals surface area (Å²) in [6.45, 7) is 3.72.